The minimum absolute atomic E-state index is 0. The van der Waals surface area contributed by atoms with Gasteiger partial charge in [0.1, 0.15) is 0 Å². The molecule has 1 aliphatic heterocycles. The van der Waals surface area contributed by atoms with Crippen LogP contribution in [-0.4, -0.2) is 49.8 Å². The Balaban J connectivity index is 0.00000312. The first-order valence-corrected chi connectivity index (χ1v) is 7.65. The van der Waals surface area contributed by atoms with Gasteiger partial charge in [-0.1, -0.05) is 12.1 Å². The maximum atomic E-state index is 12.4. The average molecular weight is 467 g/mol. The van der Waals surface area contributed by atoms with Crippen molar-refractivity contribution in [3.63, 3.8) is 0 Å². The molecule has 1 fully saturated rings. The van der Waals surface area contributed by atoms with Crippen LogP contribution in [0.3, 0.4) is 0 Å². The summed E-state index contributed by atoms with van der Waals surface area (Å²) in [4.78, 5) is 5.50. The first-order valence-electron chi connectivity index (χ1n) is 7.65. The Morgan fingerprint density at radius 2 is 2.04 bits per heavy atom. The summed E-state index contributed by atoms with van der Waals surface area (Å²) < 4.78 is 37.2. The molecule has 2 rings (SSSR count). The third-order valence-corrected chi connectivity index (χ3v) is 3.78. The molecule has 9 heteroatoms. The van der Waals surface area contributed by atoms with E-state index >= 15 is 0 Å². The van der Waals surface area contributed by atoms with Gasteiger partial charge in [-0.2, -0.15) is 18.4 Å². The number of rotatable bonds is 4. The highest BCUT2D eigenvalue weighted by Gasteiger charge is 2.34. The minimum Gasteiger partial charge on any atom is -0.352 e. The van der Waals surface area contributed by atoms with Crippen LogP contribution in [0.25, 0.3) is 0 Å². The topological polar surface area (TPSA) is 63.5 Å². The lowest BCUT2D eigenvalue weighted by Gasteiger charge is -2.19. The molecule has 2 N–H and O–H groups in total. The van der Waals surface area contributed by atoms with Crippen molar-refractivity contribution in [2.45, 2.75) is 25.2 Å². The molecular weight excluding hydrogens is 446 g/mol. The molecule has 1 aliphatic rings. The second-order valence-electron chi connectivity index (χ2n) is 5.71. The van der Waals surface area contributed by atoms with Gasteiger partial charge >= 0.3 is 6.18 Å². The number of nitrogens with one attached hydrogen (secondary N) is 2. The molecule has 0 radical (unpaired) electrons. The zero-order chi connectivity index (χ0) is 17.6. The predicted octanol–water partition coefficient (Wildman–Crippen LogP) is 2.48. The van der Waals surface area contributed by atoms with Crippen LogP contribution in [0, 0.1) is 11.3 Å². The van der Waals surface area contributed by atoms with Gasteiger partial charge < -0.3 is 10.6 Å². The maximum Gasteiger partial charge on any atom is 0.401 e. The van der Waals surface area contributed by atoms with Crippen LogP contribution in [0.1, 0.15) is 17.5 Å². The first kappa shape index (κ1) is 21.5. The summed E-state index contributed by atoms with van der Waals surface area (Å²) in [5.41, 5.74) is 1.58. The van der Waals surface area contributed by atoms with Crippen molar-refractivity contribution in [3.05, 3.63) is 35.4 Å². The highest BCUT2D eigenvalue weighted by atomic mass is 127. The standard InChI is InChI=1S/C16H20F3N5.HI/c1-21-15(22-9-13-4-2-12(8-20)3-5-13)23-14-6-7-24(10-14)11-16(17,18)19;/h2-5,14H,6-7,9-11H2,1H3,(H2,21,22,23);1H. The van der Waals surface area contributed by atoms with Gasteiger partial charge in [-0.25, -0.2) is 0 Å². The van der Waals surface area contributed by atoms with Gasteiger partial charge in [0.2, 0.25) is 0 Å². The van der Waals surface area contributed by atoms with Gasteiger partial charge in [-0.15, -0.1) is 24.0 Å². The number of guanidine groups is 1. The second kappa shape index (κ2) is 9.82. The van der Waals surface area contributed by atoms with E-state index in [4.69, 9.17) is 5.26 Å². The summed E-state index contributed by atoms with van der Waals surface area (Å²) in [6.07, 6.45) is -3.52. The van der Waals surface area contributed by atoms with Gasteiger partial charge in [-0.05, 0) is 24.1 Å². The average Bonchev–Trinajstić information content (AvgIpc) is 2.96. The van der Waals surface area contributed by atoms with Crippen LogP contribution < -0.4 is 10.6 Å². The first-order chi connectivity index (χ1) is 11.4. The number of benzene rings is 1. The summed E-state index contributed by atoms with van der Waals surface area (Å²) in [5.74, 6) is 0.554. The summed E-state index contributed by atoms with van der Waals surface area (Å²) in [5, 5.41) is 15.0. The Morgan fingerprint density at radius 3 is 2.60 bits per heavy atom. The van der Waals surface area contributed by atoms with Gasteiger partial charge in [0.15, 0.2) is 5.96 Å². The van der Waals surface area contributed by atoms with Crippen molar-refractivity contribution in [1.82, 2.24) is 15.5 Å². The van der Waals surface area contributed by atoms with Crippen LogP contribution in [-0.2, 0) is 6.54 Å². The lowest BCUT2D eigenvalue weighted by Crippen LogP contribution is -2.44. The molecule has 25 heavy (non-hydrogen) atoms. The number of nitriles is 1. The molecule has 0 aliphatic carbocycles. The normalized spacial score (nSPS) is 18.4. The number of nitrogens with zero attached hydrogens (tertiary/aromatic N) is 3. The van der Waals surface area contributed by atoms with Crippen molar-refractivity contribution in [2.24, 2.45) is 4.99 Å². The zero-order valence-corrected chi connectivity index (χ0v) is 16.1. The van der Waals surface area contributed by atoms with Gasteiger partial charge in [0.25, 0.3) is 0 Å². The zero-order valence-electron chi connectivity index (χ0n) is 13.8. The summed E-state index contributed by atoms with van der Waals surface area (Å²) in [6.45, 7) is 0.410. The smallest absolute Gasteiger partial charge is 0.352 e. The highest BCUT2D eigenvalue weighted by Crippen LogP contribution is 2.19. The minimum atomic E-state index is -4.16. The van der Waals surface area contributed by atoms with Crippen molar-refractivity contribution in [1.29, 1.82) is 5.26 Å². The fourth-order valence-corrected chi connectivity index (χ4v) is 2.62. The van der Waals surface area contributed by atoms with Crippen molar-refractivity contribution in [3.8, 4) is 6.07 Å². The highest BCUT2D eigenvalue weighted by molar-refractivity contribution is 14.0. The Labute approximate surface area is 162 Å². The molecular formula is C16H21F3IN5. The molecule has 1 saturated heterocycles. The van der Waals surface area contributed by atoms with E-state index in [9.17, 15) is 13.2 Å². The van der Waals surface area contributed by atoms with E-state index in [-0.39, 0.29) is 30.0 Å². The molecule has 1 atom stereocenters. The molecule has 1 aromatic carbocycles. The van der Waals surface area contributed by atoms with E-state index in [2.05, 4.69) is 21.7 Å². The van der Waals surface area contributed by atoms with Gasteiger partial charge in [-0.3, -0.25) is 9.89 Å². The van der Waals surface area contributed by atoms with E-state index in [1.807, 2.05) is 12.1 Å². The van der Waals surface area contributed by atoms with Crippen LogP contribution in [0.5, 0.6) is 0 Å². The van der Waals surface area contributed by atoms with Crippen LogP contribution in [0.4, 0.5) is 13.2 Å². The Kier molecular flexibility index (Phi) is 8.44. The molecule has 5 nitrogen and oxygen atoms in total. The monoisotopic (exact) mass is 467 g/mol. The number of alkyl halides is 3. The Hall–Kier alpha value is -1.54. The van der Waals surface area contributed by atoms with Crippen LogP contribution in [0.15, 0.2) is 29.3 Å². The van der Waals surface area contributed by atoms with Crippen molar-refractivity contribution in [2.75, 3.05) is 26.7 Å². The molecule has 0 spiro atoms. The Bertz CT molecular complexity index is 610. The number of hydrogen-bond donors (Lipinski definition) is 2. The fourth-order valence-electron chi connectivity index (χ4n) is 2.62. The molecule has 138 valence electrons. The summed E-state index contributed by atoms with van der Waals surface area (Å²) >= 11 is 0. The van der Waals surface area contributed by atoms with E-state index in [0.29, 0.717) is 37.6 Å². The summed E-state index contributed by atoms with van der Waals surface area (Å²) in [7, 11) is 1.62. The largest absolute Gasteiger partial charge is 0.401 e. The van der Waals surface area contributed by atoms with Crippen molar-refractivity contribution < 1.29 is 13.2 Å². The SMILES string of the molecule is CN=C(NCc1ccc(C#N)cc1)NC1CCN(CC(F)(F)F)C1.I. The number of aliphatic imine (C=N–C) groups is 1. The third kappa shape index (κ3) is 7.48. The number of likely N-dealkylation sites (tertiary alicyclic amines) is 1. The van der Waals surface area contributed by atoms with Crippen LogP contribution >= 0.6 is 24.0 Å². The van der Waals surface area contributed by atoms with E-state index in [1.54, 1.807) is 19.2 Å². The number of halogens is 4. The van der Waals surface area contributed by atoms with Crippen LogP contribution in [0.2, 0.25) is 0 Å². The van der Waals surface area contributed by atoms with Gasteiger partial charge in [0.05, 0.1) is 18.2 Å². The lowest BCUT2D eigenvalue weighted by molar-refractivity contribution is -0.143. The van der Waals surface area contributed by atoms with E-state index in [1.165, 1.54) is 4.90 Å². The molecule has 1 heterocycles. The third-order valence-electron chi connectivity index (χ3n) is 3.78. The lowest BCUT2D eigenvalue weighted by atomic mass is 10.1. The summed E-state index contributed by atoms with van der Waals surface area (Å²) in [6, 6.07) is 9.17. The molecule has 0 saturated carbocycles. The molecule has 0 aromatic heterocycles. The Morgan fingerprint density at radius 1 is 1.36 bits per heavy atom. The van der Waals surface area contributed by atoms with E-state index in [0.717, 1.165) is 5.56 Å². The van der Waals surface area contributed by atoms with Gasteiger partial charge in [0, 0.05) is 32.7 Å². The van der Waals surface area contributed by atoms with Crippen molar-refractivity contribution >= 4 is 29.9 Å². The fraction of sp³-hybridized carbons (Fsp3) is 0.500. The molecule has 1 aromatic rings. The predicted molar refractivity (Wildman–Crippen MR) is 101 cm³/mol. The molecule has 0 amide bonds. The van der Waals surface area contributed by atoms with E-state index < -0.39 is 12.7 Å². The number of hydrogen-bond acceptors (Lipinski definition) is 3. The second-order valence-corrected chi connectivity index (χ2v) is 5.71. The quantitative estimate of drug-likeness (QED) is 0.406. The maximum absolute atomic E-state index is 12.4. The molecule has 0 bridgehead atoms. The molecule has 1 unspecified atom stereocenters.